The zero-order valence-electron chi connectivity index (χ0n) is 15.5. The van der Waals surface area contributed by atoms with Gasteiger partial charge in [0, 0.05) is 17.0 Å². The second kappa shape index (κ2) is 7.08. The van der Waals surface area contributed by atoms with Crippen LogP contribution >= 0.6 is 7.82 Å². The van der Waals surface area contributed by atoms with E-state index in [1.54, 1.807) is 0 Å². The van der Waals surface area contributed by atoms with Crippen LogP contribution in [0.2, 0.25) is 0 Å². The highest BCUT2D eigenvalue weighted by atomic mass is 31.2. The van der Waals surface area contributed by atoms with Gasteiger partial charge in [0.25, 0.3) is 5.56 Å². The molecule has 14 nitrogen and oxygen atoms in total. The van der Waals surface area contributed by atoms with E-state index in [4.69, 9.17) is 20.4 Å². The number of hydrogen-bond donors (Lipinski definition) is 7. The molecular weight excluding hydrogens is 423 g/mol. The lowest BCUT2D eigenvalue weighted by molar-refractivity contribution is -0.102. The van der Waals surface area contributed by atoms with Crippen molar-refractivity contribution < 1.29 is 33.8 Å². The van der Waals surface area contributed by atoms with Gasteiger partial charge in [-0.2, -0.15) is 10.2 Å². The van der Waals surface area contributed by atoms with Gasteiger partial charge in [-0.3, -0.25) is 15.2 Å². The predicted octanol–water partition coefficient (Wildman–Crippen LogP) is -1.32. The number of aliphatic hydroxyl groups excluding tert-OH is 1. The number of rotatable bonds is 5. The Kier molecular flexibility index (Phi) is 4.91. The average Bonchev–Trinajstić information content (AvgIpc) is 3.08. The first-order valence-corrected chi connectivity index (χ1v) is 10.2. The summed E-state index contributed by atoms with van der Waals surface area (Å²) < 4.78 is 22.2. The second-order valence-corrected chi connectivity index (χ2v) is 8.32. The number of aromatic amines is 1. The minimum Gasteiger partial charge on any atom is -0.387 e. The summed E-state index contributed by atoms with van der Waals surface area (Å²) in [7, 11) is -4.81. The van der Waals surface area contributed by atoms with Crippen LogP contribution in [0.4, 0.5) is 5.69 Å². The van der Waals surface area contributed by atoms with E-state index in [1.165, 1.54) is 30.1 Å². The maximum atomic E-state index is 12.2. The molecule has 1 fully saturated rings. The van der Waals surface area contributed by atoms with E-state index in [9.17, 15) is 19.6 Å². The van der Waals surface area contributed by atoms with E-state index in [2.05, 4.69) is 25.2 Å². The summed E-state index contributed by atoms with van der Waals surface area (Å²) in [5, 5.41) is 33.0. The Hall–Kier alpha value is -2.42. The Bertz CT molecular complexity index is 1220. The fraction of sp³-hybridized carbons (Fsp3) is 0.400. The van der Waals surface area contributed by atoms with Crippen LogP contribution in [0, 0.1) is 0 Å². The fourth-order valence-electron chi connectivity index (χ4n) is 3.57. The van der Waals surface area contributed by atoms with Crippen molar-refractivity contribution >= 4 is 35.2 Å². The molecule has 1 aliphatic heterocycles. The number of hydrogen-bond acceptors (Lipinski definition) is 10. The van der Waals surface area contributed by atoms with Crippen LogP contribution in [0.1, 0.15) is 13.2 Å². The first-order valence-electron chi connectivity index (χ1n) is 8.65. The third-order valence-corrected chi connectivity index (χ3v) is 5.50. The van der Waals surface area contributed by atoms with Crippen molar-refractivity contribution in [1.82, 2.24) is 20.0 Å². The Labute approximate surface area is 167 Å². The molecule has 0 radical (unpaired) electrons. The number of ether oxygens (including phenoxy) is 1. The molecule has 8 N–H and O–H groups in total. The largest absolute Gasteiger partial charge is 0.469 e. The Morgan fingerprint density at radius 3 is 2.87 bits per heavy atom. The Morgan fingerprint density at radius 1 is 1.47 bits per heavy atom. The van der Waals surface area contributed by atoms with Crippen LogP contribution < -0.4 is 16.8 Å². The van der Waals surface area contributed by atoms with Crippen LogP contribution in [0.15, 0.2) is 23.3 Å². The van der Waals surface area contributed by atoms with Gasteiger partial charge >= 0.3 is 7.82 Å². The van der Waals surface area contributed by atoms with Gasteiger partial charge in [-0.15, -0.1) is 0 Å². The molecule has 0 aliphatic carbocycles. The molecule has 0 spiro atoms. The van der Waals surface area contributed by atoms with Gasteiger partial charge in [0.2, 0.25) is 0 Å². The lowest BCUT2D eigenvalue weighted by Crippen LogP contribution is -2.44. The van der Waals surface area contributed by atoms with Crippen molar-refractivity contribution in [2.24, 2.45) is 5.84 Å². The van der Waals surface area contributed by atoms with Crippen molar-refractivity contribution in [3.63, 3.8) is 0 Å². The summed E-state index contributed by atoms with van der Waals surface area (Å²) in [5.41, 5.74) is 0.810. The minimum absolute atomic E-state index is 0.270. The maximum Gasteiger partial charge on any atom is 0.469 e. The van der Waals surface area contributed by atoms with E-state index >= 15 is 0 Å². The van der Waals surface area contributed by atoms with Gasteiger partial charge in [-0.05, 0) is 13.0 Å². The molecule has 0 bridgehead atoms. The molecule has 1 aromatic carbocycles. The quantitative estimate of drug-likeness (QED) is 0.139. The molecule has 15 heteroatoms. The summed E-state index contributed by atoms with van der Waals surface area (Å²) in [4.78, 5) is 30.0. The van der Waals surface area contributed by atoms with E-state index in [-0.39, 0.29) is 10.9 Å². The molecule has 0 unspecified atom stereocenters. The number of nitrogen functional groups attached to an aromatic ring is 1. The molecule has 0 amide bonds. The number of nitrogens with zero attached hydrogens (tertiary/aromatic N) is 3. The van der Waals surface area contributed by atoms with Gasteiger partial charge < -0.3 is 30.2 Å². The van der Waals surface area contributed by atoms with E-state index in [1.807, 2.05) is 0 Å². The molecule has 0 saturated carbocycles. The zero-order valence-corrected chi connectivity index (χ0v) is 16.4. The molecule has 4 rings (SSSR count). The van der Waals surface area contributed by atoms with Crippen molar-refractivity contribution in [2.45, 2.75) is 31.0 Å². The highest BCUT2D eigenvalue weighted by molar-refractivity contribution is 7.46. The van der Waals surface area contributed by atoms with Crippen molar-refractivity contribution in [3.05, 3.63) is 28.8 Å². The number of aliphatic hydroxyl groups is 2. The molecule has 1 saturated heterocycles. The Morgan fingerprint density at radius 2 is 2.20 bits per heavy atom. The zero-order chi connectivity index (χ0) is 21.8. The van der Waals surface area contributed by atoms with Crippen molar-refractivity contribution in [1.29, 1.82) is 0 Å². The van der Waals surface area contributed by atoms with Gasteiger partial charge in [0.15, 0.2) is 6.23 Å². The molecular formula is C15H19N6O8P. The summed E-state index contributed by atoms with van der Waals surface area (Å²) >= 11 is 0. The summed E-state index contributed by atoms with van der Waals surface area (Å²) in [6, 6.07) is 1.52. The molecule has 1 aliphatic rings. The molecule has 3 heterocycles. The van der Waals surface area contributed by atoms with Crippen LogP contribution in [-0.4, -0.2) is 64.4 Å². The number of phosphoric acid groups is 1. The van der Waals surface area contributed by atoms with Gasteiger partial charge in [-0.1, -0.05) is 0 Å². The molecule has 4 atom stereocenters. The van der Waals surface area contributed by atoms with E-state index in [0.29, 0.717) is 16.5 Å². The number of anilines is 1. The van der Waals surface area contributed by atoms with Crippen LogP contribution in [0.25, 0.3) is 21.7 Å². The highest BCUT2D eigenvalue weighted by Gasteiger charge is 2.53. The van der Waals surface area contributed by atoms with Gasteiger partial charge in [0.05, 0.1) is 23.9 Å². The Balaban J connectivity index is 1.82. The molecule has 30 heavy (non-hydrogen) atoms. The van der Waals surface area contributed by atoms with E-state index < -0.39 is 44.0 Å². The number of phosphoric ester groups is 1. The smallest absolute Gasteiger partial charge is 0.387 e. The molecule has 162 valence electrons. The van der Waals surface area contributed by atoms with Gasteiger partial charge in [0.1, 0.15) is 23.3 Å². The third-order valence-electron chi connectivity index (χ3n) is 5.01. The summed E-state index contributed by atoms with van der Waals surface area (Å²) in [6.07, 6.45) is -1.29. The second-order valence-electron chi connectivity index (χ2n) is 7.08. The van der Waals surface area contributed by atoms with Crippen LogP contribution in [0.5, 0.6) is 0 Å². The standard InChI is InChI=1S/C15H19N6O8P/c1-15(24)12(22)10(5-28-30(25,26)27)29-14(15)21-4-7-8(18-16)2-6-11(7)9(20-21)3-17-19-13(6)23/h2-4,10,12,14,18,22,24H,5,16H2,1H3,(H,19,23)(H2,25,26,27)/t10-,12-,14-,15-/m1/s1. The lowest BCUT2D eigenvalue weighted by Gasteiger charge is -2.27. The van der Waals surface area contributed by atoms with Crippen LogP contribution in [0.3, 0.4) is 0 Å². The molecule has 2 aromatic heterocycles. The van der Waals surface area contributed by atoms with Crippen molar-refractivity contribution in [2.75, 3.05) is 12.0 Å². The van der Waals surface area contributed by atoms with Crippen LogP contribution in [-0.2, 0) is 13.8 Å². The first kappa shape index (κ1) is 20.8. The topological polar surface area (TPSA) is 218 Å². The van der Waals surface area contributed by atoms with E-state index in [0.717, 1.165) is 0 Å². The monoisotopic (exact) mass is 442 g/mol. The number of nitrogens with two attached hydrogens (primary N) is 1. The SMILES string of the molecule is C[C@@]1(O)[C@H](O)[C@@H](COP(=O)(O)O)O[C@H]1n1cc2c(NN)cc3c(=O)[nH]ncc(n1)c23. The normalized spacial score (nSPS) is 27.2. The lowest BCUT2D eigenvalue weighted by atomic mass is 9.97. The number of H-pyrrole nitrogens is 1. The molecule has 3 aromatic rings. The van der Waals surface area contributed by atoms with Gasteiger partial charge in [-0.25, -0.2) is 14.3 Å². The maximum absolute atomic E-state index is 12.2. The average molecular weight is 442 g/mol. The number of nitrogens with one attached hydrogen (secondary N) is 2. The fourth-order valence-corrected chi connectivity index (χ4v) is 3.91. The summed E-state index contributed by atoms with van der Waals surface area (Å²) in [5.74, 6) is 5.56. The highest BCUT2D eigenvalue weighted by Crippen LogP contribution is 2.42. The third kappa shape index (κ3) is 3.38. The first-order chi connectivity index (χ1) is 14.0. The summed E-state index contributed by atoms with van der Waals surface area (Å²) in [6.45, 7) is 0.623. The predicted molar refractivity (Wildman–Crippen MR) is 102 cm³/mol. The minimum atomic E-state index is -4.81. The number of aromatic nitrogens is 4. The number of hydrazine groups is 1. The van der Waals surface area contributed by atoms with Crippen molar-refractivity contribution in [3.8, 4) is 0 Å².